The van der Waals surface area contributed by atoms with Gasteiger partial charge in [0.2, 0.25) is 7.37 Å². The van der Waals surface area contributed by atoms with Gasteiger partial charge in [-0.2, -0.15) is 0 Å². The van der Waals surface area contributed by atoms with Crippen LogP contribution in [0.5, 0.6) is 0 Å². The van der Waals surface area contributed by atoms with Crippen molar-refractivity contribution in [2.45, 2.75) is 70.1 Å². The quantitative estimate of drug-likeness (QED) is 0.798. The van der Waals surface area contributed by atoms with Gasteiger partial charge < -0.3 is 9.63 Å². The molecule has 4 aliphatic rings. The molecule has 4 aliphatic carbocycles. The molecule has 19 heavy (non-hydrogen) atoms. The lowest BCUT2D eigenvalue weighted by atomic mass is 9.54. The van der Waals surface area contributed by atoms with Crippen molar-refractivity contribution in [3.8, 4) is 0 Å². The van der Waals surface area contributed by atoms with Crippen molar-refractivity contribution in [1.29, 1.82) is 0 Å². The van der Waals surface area contributed by atoms with Crippen LogP contribution in [-0.4, -0.2) is 22.2 Å². The van der Waals surface area contributed by atoms with Crippen molar-refractivity contribution in [3.05, 3.63) is 0 Å². The van der Waals surface area contributed by atoms with E-state index in [1.807, 2.05) is 20.8 Å². The van der Waals surface area contributed by atoms with Gasteiger partial charge in [0.25, 0.3) is 0 Å². The Labute approximate surface area is 116 Å². The predicted molar refractivity (Wildman–Crippen MR) is 76.4 cm³/mol. The molecule has 110 valence electrons. The molecule has 0 aromatic heterocycles. The van der Waals surface area contributed by atoms with Crippen molar-refractivity contribution >= 4 is 7.37 Å². The lowest BCUT2D eigenvalue weighted by Gasteiger charge is -2.57. The minimum absolute atomic E-state index is 0.180. The summed E-state index contributed by atoms with van der Waals surface area (Å²) in [4.78, 5) is 0. The van der Waals surface area contributed by atoms with Gasteiger partial charge in [0.05, 0.1) is 5.60 Å². The SMILES string of the molecule is CC(C)(C)[P@](=O)(CO)OC12CC3CC(CC(C3)C1)C2. The Morgan fingerprint density at radius 1 is 1.11 bits per heavy atom. The van der Waals surface area contributed by atoms with Crippen molar-refractivity contribution in [1.82, 2.24) is 0 Å². The number of aliphatic hydroxyl groups is 1. The summed E-state index contributed by atoms with van der Waals surface area (Å²) >= 11 is 0. The molecule has 3 nitrogen and oxygen atoms in total. The number of hydrogen-bond donors (Lipinski definition) is 1. The van der Waals surface area contributed by atoms with Crippen LogP contribution in [0.3, 0.4) is 0 Å². The molecule has 0 aromatic rings. The molecule has 4 bridgehead atoms. The molecule has 0 spiro atoms. The maximum Gasteiger partial charge on any atom is 0.233 e. The van der Waals surface area contributed by atoms with E-state index >= 15 is 0 Å². The molecule has 1 N–H and O–H groups in total. The zero-order chi connectivity index (χ0) is 13.9. The van der Waals surface area contributed by atoms with Crippen molar-refractivity contribution in [2.24, 2.45) is 17.8 Å². The molecular formula is C15H27O3P. The molecule has 0 radical (unpaired) electrons. The molecular weight excluding hydrogens is 259 g/mol. The van der Waals surface area contributed by atoms with Crippen LogP contribution in [0.2, 0.25) is 0 Å². The standard InChI is InChI=1S/C15H27O3P/c1-14(2,3)19(17,10-16)18-15-7-11-4-12(8-15)6-13(5-11)9-15/h11-13,16H,4-10H2,1-3H3/t11?,12?,13?,15?,19-/m0/s1. The Balaban J connectivity index is 1.84. The average Bonchev–Trinajstić information content (AvgIpc) is 2.24. The third-order valence-corrected chi connectivity index (χ3v) is 8.63. The zero-order valence-corrected chi connectivity index (χ0v) is 13.3. The Morgan fingerprint density at radius 3 is 1.84 bits per heavy atom. The normalized spacial score (nSPS) is 44.3. The first-order valence-corrected chi connectivity index (χ1v) is 9.47. The molecule has 0 unspecified atom stereocenters. The van der Waals surface area contributed by atoms with E-state index < -0.39 is 12.5 Å². The Hall–Kier alpha value is 0.150. The van der Waals surface area contributed by atoms with Crippen LogP contribution in [0.1, 0.15) is 59.3 Å². The van der Waals surface area contributed by atoms with Gasteiger partial charge in [-0.3, -0.25) is 4.57 Å². The third-order valence-electron chi connectivity index (χ3n) is 5.53. The maximum atomic E-state index is 13.0. The number of hydrogen-bond acceptors (Lipinski definition) is 3. The number of rotatable bonds is 3. The van der Waals surface area contributed by atoms with E-state index in [1.165, 1.54) is 19.3 Å². The van der Waals surface area contributed by atoms with E-state index in [0.717, 1.165) is 37.0 Å². The summed E-state index contributed by atoms with van der Waals surface area (Å²) in [7, 11) is -2.98. The summed E-state index contributed by atoms with van der Waals surface area (Å²) in [5.41, 5.74) is -0.180. The first kappa shape index (κ1) is 14.1. The molecule has 0 amide bonds. The van der Waals surface area contributed by atoms with E-state index in [4.69, 9.17) is 4.52 Å². The second-order valence-electron chi connectivity index (χ2n) is 8.18. The fourth-order valence-electron chi connectivity index (χ4n) is 4.83. The molecule has 4 rings (SSSR count). The monoisotopic (exact) mass is 286 g/mol. The van der Waals surface area contributed by atoms with Gasteiger partial charge in [-0.15, -0.1) is 0 Å². The first-order chi connectivity index (χ1) is 8.75. The van der Waals surface area contributed by atoms with E-state index in [-0.39, 0.29) is 11.9 Å². The highest BCUT2D eigenvalue weighted by molar-refractivity contribution is 7.60. The zero-order valence-electron chi connectivity index (χ0n) is 12.4. The van der Waals surface area contributed by atoms with Crippen molar-refractivity contribution < 1.29 is 14.2 Å². The molecule has 1 atom stereocenters. The van der Waals surface area contributed by atoms with Crippen LogP contribution in [0.15, 0.2) is 0 Å². The Kier molecular flexibility index (Phi) is 3.21. The summed E-state index contributed by atoms with van der Waals surface area (Å²) in [6.45, 7) is 5.76. The van der Waals surface area contributed by atoms with Gasteiger partial charge in [0.15, 0.2) is 0 Å². The van der Waals surface area contributed by atoms with E-state index in [0.29, 0.717) is 0 Å². The van der Waals surface area contributed by atoms with Crippen molar-refractivity contribution in [3.63, 3.8) is 0 Å². The largest absolute Gasteiger partial charge is 0.386 e. The summed E-state index contributed by atoms with van der Waals surface area (Å²) in [6.07, 6.45) is 6.93. The van der Waals surface area contributed by atoms with Crippen LogP contribution in [0, 0.1) is 17.8 Å². The summed E-state index contributed by atoms with van der Waals surface area (Å²) in [6, 6.07) is 0. The topological polar surface area (TPSA) is 46.5 Å². The van der Waals surface area contributed by atoms with Gasteiger partial charge in [-0.05, 0) is 56.3 Å². The fraction of sp³-hybridized carbons (Fsp3) is 1.00. The van der Waals surface area contributed by atoms with Crippen LogP contribution >= 0.6 is 7.37 Å². The van der Waals surface area contributed by atoms with Crippen LogP contribution in [0.25, 0.3) is 0 Å². The number of aliphatic hydroxyl groups excluding tert-OH is 1. The highest BCUT2D eigenvalue weighted by Crippen LogP contribution is 2.66. The van der Waals surface area contributed by atoms with Gasteiger partial charge in [-0.1, -0.05) is 20.8 Å². The van der Waals surface area contributed by atoms with E-state index in [9.17, 15) is 9.67 Å². The molecule has 4 fully saturated rings. The van der Waals surface area contributed by atoms with E-state index in [2.05, 4.69) is 0 Å². The Bertz CT molecular complexity index is 375. The van der Waals surface area contributed by atoms with Gasteiger partial charge in [-0.25, -0.2) is 0 Å². The minimum Gasteiger partial charge on any atom is -0.386 e. The van der Waals surface area contributed by atoms with Crippen LogP contribution < -0.4 is 0 Å². The van der Waals surface area contributed by atoms with E-state index in [1.54, 1.807) is 0 Å². The molecule has 4 heteroatoms. The molecule has 0 heterocycles. The van der Waals surface area contributed by atoms with Crippen LogP contribution in [-0.2, 0) is 9.09 Å². The maximum absolute atomic E-state index is 13.0. The van der Waals surface area contributed by atoms with Gasteiger partial charge >= 0.3 is 0 Å². The molecule has 4 saturated carbocycles. The smallest absolute Gasteiger partial charge is 0.233 e. The Morgan fingerprint density at radius 2 is 1.53 bits per heavy atom. The lowest BCUT2D eigenvalue weighted by Crippen LogP contribution is -2.52. The fourth-order valence-corrected chi connectivity index (χ4v) is 6.44. The third kappa shape index (κ3) is 2.32. The molecule has 0 saturated heterocycles. The predicted octanol–water partition coefficient (Wildman–Crippen LogP) is 4.00. The average molecular weight is 286 g/mol. The second-order valence-corrected chi connectivity index (χ2v) is 11.3. The van der Waals surface area contributed by atoms with Gasteiger partial charge in [0.1, 0.15) is 6.35 Å². The lowest BCUT2D eigenvalue weighted by molar-refractivity contribution is -0.108. The second kappa shape index (κ2) is 4.32. The van der Waals surface area contributed by atoms with Crippen molar-refractivity contribution in [2.75, 3.05) is 6.35 Å². The molecule has 0 aliphatic heterocycles. The summed E-state index contributed by atoms with van der Waals surface area (Å²) in [5, 5.41) is 9.17. The van der Waals surface area contributed by atoms with Crippen LogP contribution in [0.4, 0.5) is 0 Å². The highest BCUT2D eigenvalue weighted by atomic mass is 31.2. The summed E-state index contributed by atoms with van der Waals surface area (Å²) < 4.78 is 19.3. The van der Waals surface area contributed by atoms with Gasteiger partial charge in [0, 0.05) is 5.16 Å². The highest BCUT2D eigenvalue weighted by Gasteiger charge is 2.55. The first-order valence-electron chi connectivity index (χ1n) is 7.66. The molecule has 0 aromatic carbocycles. The minimum atomic E-state index is -2.98. The summed E-state index contributed by atoms with van der Waals surface area (Å²) in [5.74, 6) is 2.33.